The van der Waals surface area contributed by atoms with E-state index in [-0.39, 0.29) is 25.3 Å². The van der Waals surface area contributed by atoms with Crippen molar-refractivity contribution in [3.05, 3.63) is 0 Å². The number of fused-ring (bicyclic) bond motifs is 1. The Morgan fingerprint density at radius 1 is 1.54 bits per heavy atom. The lowest BCUT2D eigenvalue weighted by molar-refractivity contribution is -0.139. The van der Waals surface area contributed by atoms with Crippen LogP contribution in [0.3, 0.4) is 0 Å². The van der Waals surface area contributed by atoms with Gasteiger partial charge in [0.15, 0.2) is 13.1 Å². The summed E-state index contributed by atoms with van der Waals surface area (Å²) in [5.74, 6) is 2.40. The molecule has 2 saturated heterocycles. The molecule has 0 amide bonds. The van der Waals surface area contributed by atoms with Gasteiger partial charge in [-0.2, -0.15) is 0 Å². The fraction of sp³-hybridized carbons (Fsp3) is 0.778. The molecule has 0 bridgehead atoms. The molecule has 1 N–H and O–H groups in total. The summed E-state index contributed by atoms with van der Waals surface area (Å²) in [6, 6.07) is 0. The van der Waals surface area contributed by atoms with Crippen molar-refractivity contribution in [2.75, 3.05) is 6.79 Å². The number of rotatable bonds is 2. The summed E-state index contributed by atoms with van der Waals surface area (Å²) in [4.78, 5) is 0. The second-order valence-corrected chi connectivity index (χ2v) is 3.24. The molecule has 0 aromatic heterocycles. The van der Waals surface area contributed by atoms with Crippen molar-refractivity contribution >= 4 is 0 Å². The van der Waals surface area contributed by atoms with E-state index in [0.29, 0.717) is 12.8 Å². The zero-order chi connectivity index (χ0) is 9.26. The molecule has 2 aliphatic rings. The highest BCUT2D eigenvalue weighted by Crippen LogP contribution is 2.30. The van der Waals surface area contributed by atoms with Crippen LogP contribution in [0.15, 0.2) is 0 Å². The molecule has 72 valence electrons. The zero-order valence-electron chi connectivity index (χ0n) is 7.18. The average molecular weight is 184 g/mol. The van der Waals surface area contributed by atoms with Gasteiger partial charge in [0.1, 0.15) is 6.10 Å². The summed E-state index contributed by atoms with van der Waals surface area (Å²) in [7, 11) is 0. The van der Waals surface area contributed by atoms with Crippen LogP contribution in [0.25, 0.3) is 0 Å². The fourth-order valence-corrected chi connectivity index (χ4v) is 1.64. The minimum absolute atomic E-state index is 0.0302. The molecular formula is C9H12O4. The lowest BCUT2D eigenvalue weighted by atomic mass is 10.1. The van der Waals surface area contributed by atoms with Crippen molar-refractivity contribution < 1.29 is 19.3 Å². The Bertz CT molecular complexity index is 210. The van der Waals surface area contributed by atoms with Crippen molar-refractivity contribution in [1.82, 2.24) is 0 Å². The maximum Gasteiger partial charge on any atom is 0.187 e. The van der Waals surface area contributed by atoms with Gasteiger partial charge in [-0.1, -0.05) is 0 Å². The molecule has 0 spiro atoms. The molecule has 13 heavy (non-hydrogen) atoms. The van der Waals surface area contributed by atoms with Crippen LogP contribution in [0.1, 0.15) is 12.8 Å². The molecule has 0 aromatic rings. The van der Waals surface area contributed by atoms with E-state index in [2.05, 4.69) is 5.92 Å². The second kappa shape index (κ2) is 3.64. The van der Waals surface area contributed by atoms with E-state index in [4.69, 9.17) is 20.6 Å². The van der Waals surface area contributed by atoms with E-state index in [0.717, 1.165) is 0 Å². The van der Waals surface area contributed by atoms with E-state index < -0.39 is 6.10 Å². The van der Waals surface area contributed by atoms with Crippen molar-refractivity contribution in [3.8, 4) is 12.3 Å². The average Bonchev–Trinajstić information content (AvgIpc) is 2.61. The molecule has 2 aliphatic heterocycles. The van der Waals surface area contributed by atoms with Gasteiger partial charge >= 0.3 is 0 Å². The van der Waals surface area contributed by atoms with Crippen LogP contribution < -0.4 is 0 Å². The van der Waals surface area contributed by atoms with Gasteiger partial charge in [0.2, 0.25) is 0 Å². The minimum atomic E-state index is -0.609. The molecule has 2 rings (SSSR count). The van der Waals surface area contributed by atoms with E-state index >= 15 is 0 Å². The van der Waals surface area contributed by atoms with Gasteiger partial charge in [0.05, 0.1) is 12.2 Å². The van der Waals surface area contributed by atoms with E-state index in [1.54, 1.807) is 0 Å². The lowest BCUT2D eigenvalue weighted by Crippen LogP contribution is -2.26. The summed E-state index contributed by atoms with van der Waals surface area (Å²) < 4.78 is 15.8. The molecule has 2 fully saturated rings. The first-order chi connectivity index (χ1) is 6.31. The molecule has 0 saturated carbocycles. The fourth-order valence-electron chi connectivity index (χ4n) is 1.64. The van der Waals surface area contributed by atoms with E-state index in [9.17, 15) is 5.11 Å². The molecule has 4 atom stereocenters. The van der Waals surface area contributed by atoms with Crippen molar-refractivity contribution in [1.29, 1.82) is 0 Å². The number of hydrogen-bond donors (Lipinski definition) is 1. The van der Waals surface area contributed by atoms with E-state index in [1.165, 1.54) is 0 Å². The normalized spacial score (nSPS) is 39.8. The summed E-state index contributed by atoms with van der Waals surface area (Å²) in [6.07, 6.45) is 4.86. The van der Waals surface area contributed by atoms with Gasteiger partial charge in [0.25, 0.3) is 0 Å². The van der Waals surface area contributed by atoms with Crippen LogP contribution >= 0.6 is 0 Å². The Balaban J connectivity index is 1.88. The Hall–Kier alpha value is -0.600. The maximum atomic E-state index is 9.53. The van der Waals surface area contributed by atoms with Gasteiger partial charge in [-0.05, 0) is 0 Å². The minimum Gasteiger partial charge on any atom is -0.389 e. The third-order valence-corrected chi connectivity index (χ3v) is 2.35. The molecule has 0 radical (unpaired) electrons. The Labute approximate surface area is 76.8 Å². The predicted octanol–water partition coefficient (Wildman–Crippen LogP) is -0.142. The first-order valence-electron chi connectivity index (χ1n) is 4.31. The highest BCUT2D eigenvalue weighted by Gasteiger charge is 2.43. The summed E-state index contributed by atoms with van der Waals surface area (Å²) in [5, 5.41) is 9.53. The van der Waals surface area contributed by atoms with Crippen molar-refractivity contribution in [2.45, 2.75) is 37.4 Å². The number of ether oxygens (including phenoxy) is 3. The highest BCUT2D eigenvalue weighted by atomic mass is 16.8. The molecule has 0 unspecified atom stereocenters. The Morgan fingerprint density at radius 3 is 3.08 bits per heavy atom. The van der Waals surface area contributed by atoms with Gasteiger partial charge < -0.3 is 19.3 Å². The summed E-state index contributed by atoms with van der Waals surface area (Å²) in [6.45, 7) is 0.285. The Kier molecular flexibility index (Phi) is 2.51. The largest absolute Gasteiger partial charge is 0.389 e. The zero-order valence-corrected chi connectivity index (χ0v) is 7.18. The van der Waals surface area contributed by atoms with Gasteiger partial charge in [-0.25, -0.2) is 0 Å². The molecule has 4 nitrogen and oxygen atoms in total. The quantitative estimate of drug-likeness (QED) is 0.607. The first kappa shape index (κ1) is 8.97. The molecule has 4 heteroatoms. The number of aliphatic hydroxyl groups is 1. The SMILES string of the molecule is C#CC[C@@H](O)[C@@H]1C[C@H]2OCO[C@H]2O1. The van der Waals surface area contributed by atoms with Gasteiger partial charge in [-0.15, -0.1) is 12.3 Å². The van der Waals surface area contributed by atoms with Crippen LogP contribution in [0.4, 0.5) is 0 Å². The van der Waals surface area contributed by atoms with Gasteiger partial charge in [-0.3, -0.25) is 0 Å². The van der Waals surface area contributed by atoms with Crippen LogP contribution in [0.5, 0.6) is 0 Å². The van der Waals surface area contributed by atoms with Crippen LogP contribution in [-0.4, -0.2) is 36.5 Å². The first-order valence-corrected chi connectivity index (χ1v) is 4.31. The second-order valence-electron chi connectivity index (χ2n) is 3.24. The lowest BCUT2D eigenvalue weighted by Gasteiger charge is -2.16. The topological polar surface area (TPSA) is 47.9 Å². The standard InChI is InChI=1S/C9H12O4/c1-2-3-6(10)7-4-8-9(13-7)12-5-11-8/h1,6-10H,3-5H2/t6-,7+,8-,9+/m1/s1. The van der Waals surface area contributed by atoms with Crippen LogP contribution in [0, 0.1) is 12.3 Å². The van der Waals surface area contributed by atoms with Crippen LogP contribution in [0.2, 0.25) is 0 Å². The number of aliphatic hydroxyl groups excluding tert-OH is 1. The van der Waals surface area contributed by atoms with Crippen LogP contribution in [-0.2, 0) is 14.2 Å². The Morgan fingerprint density at radius 2 is 2.38 bits per heavy atom. The molecule has 0 aromatic carbocycles. The summed E-state index contributed by atoms with van der Waals surface area (Å²) in [5.41, 5.74) is 0. The smallest absolute Gasteiger partial charge is 0.187 e. The highest BCUT2D eigenvalue weighted by molar-refractivity contribution is 4.93. The third kappa shape index (κ3) is 1.69. The maximum absolute atomic E-state index is 9.53. The number of terminal acetylenes is 1. The van der Waals surface area contributed by atoms with Crippen molar-refractivity contribution in [3.63, 3.8) is 0 Å². The third-order valence-electron chi connectivity index (χ3n) is 2.35. The van der Waals surface area contributed by atoms with Crippen molar-refractivity contribution in [2.24, 2.45) is 0 Å². The monoisotopic (exact) mass is 184 g/mol. The van der Waals surface area contributed by atoms with E-state index in [1.807, 2.05) is 0 Å². The summed E-state index contributed by atoms with van der Waals surface area (Å²) >= 11 is 0. The number of hydrogen-bond acceptors (Lipinski definition) is 4. The molecule has 0 aliphatic carbocycles. The predicted molar refractivity (Wildman–Crippen MR) is 43.6 cm³/mol. The molecule has 2 heterocycles. The molecular weight excluding hydrogens is 172 g/mol. The van der Waals surface area contributed by atoms with Gasteiger partial charge in [0, 0.05) is 12.8 Å².